The Kier molecular flexibility index (Phi) is 14.4. The largest absolute Gasteiger partial charge is 0.479 e. The number of rotatable bonds is 19. The molecule has 2 aromatic rings. The number of hydrogen-bond donors (Lipinski definition) is 2. The lowest BCUT2D eigenvalue weighted by molar-refractivity contribution is -0.190. The number of carboxylic acid groups (broad SMARTS) is 1. The van der Waals surface area contributed by atoms with E-state index < -0.39 is 12.6 Å². The summed E-state index contributed by atoms with van der Waals surface area (Å²) in [6, 6.07) is 13.4. The highest BCUT2D eigenvalue weighted by molar-refractivity contribution is 5.94. The maximum atomic E-state index is 14.1. The third-order valence-corrected chi connectivity index (χ3v) is 6.04. The van der Waals surface area contributed by atoms with Crippen LogP contribution in [0.1, 0.15) is 92.6 Å². The summed E-state index contributed by atoms with van der Waals surface area (Å²) in [5.41, 5.74) is 1.69. The number of nitrogens with one attached hydrogen (secondary N) is 1. The highest BCUT2D eigenvalue weighted by Gasteiger charge is 2.14. The molecule has 0 radical (unpaired) electrons. The first-order valence-corrected chi connectivity index (χ1v) is 13.2. The number of amides is 1. The van der Waals surface area contributed by atoms with Gasteiger partial charge in [-0.1, -0.05) is 95.0 Å². The summed E-state index contributed by atoms with van der Waals surface area (Å²) in [6.45, 7) is 2.63. The third kappa shape index (κ3) is 12.3. The van der Waals surface area contributed by atoms with Crippen LogP contribution in [0.3, 0.4) is 0 Å². The molecule has 0 bridgehead atoms. The molecule has 2 N–H and O–H groups in total. The van der Waals surface area contributed by atoms with E-state index in [1.165, 1.54) is 62.5 Å². The van der Waals surface area contributed by atoms with Crippen molar-refractivity contribution in [1.82, 2.24) is 10.4 Å². The number of hydroxylamine groups is 2. The van der Waals surface area contributed by atoms with Gasteiger partial charge in [0.15, 0.2) is 6.61 Å². The summed E-state index contributed by atoms with van der Waals surface area (Å²) in [7, 11) is 0. The standard InChI is InChI=1S/C29H41FN2O4/c1-2-3-4-5-6-7-8-9-10-13-19-31-29(35)25-17-14-15-24(20-25)21-32(36-23-28(33)34)22-26-16-11-12-18-27(26)30/h11-12,14-18,20H,2-10,13,19,21-23H2,1H3,(H,31,35)(H,33,34). The lowest BCUT2D eigenvalue weighted by Gasteiger charge is -2.21. The summed E-state index contributed by atoms with van der Waals surface area (Å²) in [5.74, 6) is -1.64. The van der Waals surface area contributed by atoms with Crippen LogP contribution >= 0.6 is 0 Å². The maximum absolute atomic E-state index is 14.1. The molecule has 0 heterocycles. The number of carbonyl (C=O) groups excluding carboxylic acids is 1. The molecule has 36 heavy (non-hydrogen) atoms. The molecule has 0 saturated carbocycles. The summed E-state index contributed by atoms with van der Waals surface area (Å²) in [5, 5.41) is 13.4. The van der Waals surface area contributed by atoms with E-state index in [1.54, 1.807) is 36.4 Å². The van der Waals surface area contributed by atoms with Crippen molar-refractivity contribution in [2.45, 2.75) is 84.2 Å². The zero-order chi connectivity index (χ0) is 26.0. The van der Waals surface area contributed by atoms with Crippen LogP contribution < -0.4 is 5.32 Å². The van der Waals surface area contributed by atoms with Gasteiger partial charge < -0.3 is 10.4 Å². The Morgan fingerprint density at radius 3 is 2.22 bits per heavy atom. The van der Waals surface area contributed by atoms with Gasteiger partial charge in [0.05, 0.1) is 6.54 Å². The molecular weight excluding hydrogens is 459 g/mol. The van der Waals surface area contributed by atoms with Crippen molar-refractivity contribution in [1.29, 1.82) is 0 Å². The SMILES string of the molecule is CCCCCCCCCCCCNC(=O)c1cccc(CN(Cc2ccccc2F)OCC(=O)O)c1. The fourth-order valence-electron chi connectivity index (χ4n) is 4.04. The highest BCUT2D eigenvalue weighted by atomic mass is 19.1. The van der Waals surface area contributed by atoms with Gasteiger partial charge in [-0.15, -0.1) is 0 Å². The predicted octanol–water partition coefficient (Wildman–Crippen LogP) is 6.49. The van der Waals surface area contributed by atoms with Crippen LogP contribution in [-0.2, 0) is 22.7 Å². The molecule has 2 aromatic carbocycles. The minimum atomic E-state index is -1.12. The Morgan fingerprint density at radius 1 is 0.889 bits per heavy atom. The summed E-state index contributed by atoms with van der Waals surface area (Å²) < 4.78 is 14.1. The molecule has 6 nitrogen and oxygen atoms in total. The van der Waals surface area contributed by atoms with Gasteiger partial charge in [-0.05, 0) is 30.2 Å². The van der Waals surface area contributed by atoms with Gasteiger partial charge in [0.25, 0.3) is 5.91 Å². The normalized spacial score (nSPS) is 11.1. The number of benzene rings is 2. The van der Waals surface area contributed by atoms with Crippen LogP contribution in [0.2, 0.25) is 0 Å². The number of hydrogen-bond acceptors (Lipinski definition) is 4. The summed E-state index contributed by atoms with van der Waals surface area (Å²) >= 11 is 0. The Bertz CT molecular complexity index is 922. The van der Waals surface area contributed by atoms with Crippen molar-refractivity contribution in [2.24, 2.45) is 0 Å². The van der Waals surface area contributed by atoms with E-state index in [0.29, 0.717) is 17.7 Å². The van der Waals surface area contributed by atoms with E-state index in [-0.39, 0.29) is 24.8 Å². The van der Waals surface area contributed by atoms with E-state index in [2.05, 4.69) is 12.2 Å². The number of halogens is 1. The summed E-state index contributed by atoms with van der Waals surface area (Å²) in [6.07, 6.45) is 12.5. The van der Waals surface area contributed by atoms with Crippen LogP contribution in [0, 0.1) is 5.82 Å². The van der Waals surface area contributed by atoms with Crippen molar-refractivity contribution in [3.05, 3.63) is 71.0 Å². The zero-order valence-corrected chi connectivity index (χ0v) is 21.5. The lowest BCUT2D eigenvalue weighted by Crippen LogP contribution is -2.27. The molecular formula is C29H41FN2O4. The van der Waals surface area contributed by atoms with Gasteiger partial charge in [-0.2, -0.15) is 5.06 Å². The van der Waals surface area contributed by atoms with E-state index in [0.717, 1.165) is 18.4 Å². The van der Waals surface area contributed by atoms with Gasteiger partial charge in [-0.3, -0.25) is 9.63 Å². The Labute approximate surface area is 214 Å². The van der Waals surface area contributed by atoms with Crippen LogP contribution in [0.5, 0.6) is 0 Å². The molecule has 2 rings (SSSR count). The quantitative estimate of drug-likeness (QED) is 0.170. The Morgan fingerprint density at radius 2 is 1.56 bits per heavy atom. The van der Waals surface area contributed by atoms with Crippen molar-refractivity contribution in [2.75, 3.05) is 13.2 Å². The molecule has 7 heteroatoms. The number of carboxylic acids is 1. The first-order valence-electron chi connectivity index (χ1n) is 13.2. The van der Waals surface area contributed by atoms with Crippen molar-refractivity contribution >= 4 is 11.9 Å². The fraction of sp³-hybridized carbons (Fsp3) is 0.517. The van der Waals surface area contributed by atoms with Crippen molar-refractivity contribution in [3.8, 4) is 0 Å². The van der Waals surface area contributed by atoms with Gasteiger partial charge in [0, 0.05) is 24.2 Å². The van der Waals surface area contributed by atoms with Gasteiger partial charge in [0.1, 0.15) is 5.82 Å². The average molecular weight is 501 g/mol. The van der Waals surface area contributed by atoms with Crippen molar-refractivity contribution in [3.63, 3.8) is 0 Å². The van der Waals surface area contributed by atoms with Crippen LogP contribution in [-0.4, -0.2) is 35.2 Å². The molecule has 0 aromatic heterocycles. The fourth-order valence-corrected chi connectivity index (χ4v) is 4.04. The number of carbonyl (C=O) groups is 2. The smallest absolute Gasteiger partial charge is 0.331 e. The third-order valence-electron chi connectivity index (χ3n) is 6.04. The minimum absolute atomic E-state index is 0.0785. The van der Waals surface area contributed by atoms with E-state index in [1.807, 2.05) is 6.07 Å². The molecule has 0 spiro atoms. The molecule has 0 unspecified atom stereocenters. The predicted molar refractivity (Wildman–Crippen MR) is 140 cm³/mol. The van der Waals surface area contributed by atoms with Gasteiger partial charge >= 0.3 is 5.97 Å². The number of aliphatic carboxylic acids is 1. The molecule has 0 saturated heterocycles. The van der Waals surface area contributed by atoms with Gasteiger partial charge in [-0.25, -0.2) is 9.18 Å². The average Bonchev–Trinajstić information content (AvgIpc) is 2.87. The monoisotopic (exact) mass is 500 g/mol. The number of unbranched alkanes of at least 4 members (excludes halogenated alkanes) is 9. The first-order chi connectivity index (χ1) is 17.5. The van der Waals surface area contributed by atoms with E-state index in [4.69, 9.17) is 9.94 Å². The Balaban J connectivity index is 1.78. The van der Waals surface area contributed by atoms with Gasteiger partial charge in [0.2, 0.25) is 0 Å². The molecule has 0 aliphatic carbocycles. The van der Waals surface area contributed by atoms with Crippen LogP contribution in [0.25, 0.3) is 0 Å². The topological polar surface area (TPSA) is 78.9 Å². The minimum Gasteiger partial charge on any atom is -0.479 e. The molecule has 0 atom stereocenters. The van der Waals surface area contributed by atoms with Crippen LogP contribution in [0.4, 0.5) is 4.39 Å². The highest BCUT2D eigenvalue weighted by Crippen LogP contribution is 2.15. The zero-order valence-electron chi connectivity index (χ0n) is 21.5. The first kappa shape index (κ1) is 29.5. The lowest BCUT2D eigenvalue weighted by atomic mass is 10.1. The second-order valence-corrected chi connectivity index (χ2v) is 9.19. The second kappa shape index (κ2) is 17.6. The van der Waals surface area contributed by atoms with Crippen molar-refractivity contribution < 1.29 is 23.9 Å². The summed E-state index contributed by atoms with van der Waals surface area (Å²) in [4.78, 5) is 29.0. The number of nitrogens with zero attached hydrogens (tertiary/aromatic N) is 1. The van der Waals surface area contributed by atoms with Crippen LogP contribution in [0.15, 0.2) is 48.5 Å². The maximum Gasteiger partial charge on any atom is 0.331 e. The van der Waals surface area contributed by atoms with E-state index >= 15 is 0 Å². The van der Waals surface area contributed by atoms with E-state index in [9.17, 15) is 14.0 Å². The second-order valence-electron chi connectivity index (χ2n) is 9.19. The molecule has 0 aliphatic heterocycles. The molecule has 198 valence electrons. The molecule has 0 aliphatic rings. The Hall–Kier alpha value is -2.77. The molecule has 1 amide bonds. The molecule has 0 fully saturated rings.